The Kier molecular flexibility index (Phi) is 1.89. The number of carboxylic acids is 1. The second-order valence-corrected chi connectivity index (χ2v) is 3.32. The average Bonchev–Trinajstić information content (AvgIpc) is 2.50. The van der Waals surface area contributed by atoms with E-state index in [9.17, 15) is 9.18 Å². The van der Waals surface area contributed by atoms with Crippen molar-refractivity contribution in [2.75, 3.05) is 5.73 Å². The number of fused-ring (bicyclic) bond motifs is 1. The molecule has 0 spiro atoms. The average molecular weight is 208 g/mol. The molecule has 0 saturated heterocycles. The Labute approximate surface area is 84.5 Å². The number of aromatic carboxylic acids is 1. The first-order valence-corrected chi connectivity index (χ1v) is 4.32. The minimum Gasteiger partial charge on any atom is -0.477 e. The molecule has 4 N–H and O–H groups in total. The number of carbonyl (C=O) groups is 1. The van der Waals surface area contributed by atoms with E-state index in [1.807, 2.05) is 0 Å². The number of carboxylic acid groups (broad SMARTS) is 1. The number of H-pyrrole nitrogens is 1. The maximum Gasteiger partial charge on any atom is 0.352 e. The first-order valence-electron chi connectivity index (χ1n) is 4.32. The van der Waals surface area contributed by atoms with Gasteiger partial charge < -0.3 is 15.8 Å². The second kappa shape index (κ2) is 2.98. The van der Waals surface area contributed by atoms with Crippen LogP contribution in [0.3, 0.4) is 0 Å². The molecule has 0 aliphatic rings. The molecule has 0 bridgehead atoms. The SMILES string of the molecule is Cc1c(C(=O)O)[nH]c2ccc(N)c(F)c12. The predicted molar refractivity (Wildman–Crippen MR) is 54.4 cm³/mol. The van der Waals surface area contributed by atoms with Crippen molar-refractivity contribution < 1.29 is 14.3 Å². The Balaban J connectivity index is 2.89. The van der Waals surface area contributed by atoms with Crippen molar-refractivity contribution in [2.45, 2.75) is 6.92 Å². The van der Waals surface area contributed by atoms with Crippen molar-refractivity contribution in [3.05, 3.63) is 29.2 Å². The molecular weight excluding hydrogens is 199 g/mol. The summed E-state index contributed by atoms with van der Waals surface area (Å²) < 4.78 is 13.6. The Bertz CT molecular complexity index is 560. The van der Waals surface area contributed by atoms with Crippen LogP contribution in [0.5, 0.6) is 0 Å². The summed E-state index contributed by atoms with van der Waals surface area (Å²) in [5.41, 5.74) is 6.22. The van der Waals surface area contributed by atoms with E-state index in [0.717, 1.165) is 0 Å². The Morgan fingerprint density at radius 1 is 1.53 bits per heavy atom. The van der Waals surface area contributed by atoms with Gasteiger partial charge in [-0.1, -0.05) is 0 Å². The highest BCUT2D eigenvalue weighted by Crippen LogP contribution is 2.27. The van der Waals surface area contributed by atoms with Gasteiger partial charge in [-0.3, -0.25) is 0 Å². The van der Waals surface area contributed by atoms with E-state index in [4.69, 9.17) is 10.8 Å². The van der Waals surface area contributed by atoms with Crippen molar-refractivity contribution in [1.29, 1.82) is 0 Å². The number of benzene rings is 1. The number of nitrogen functional groups attached to an aromatic ring is 1. The fraction of sp³-hybridized carbons (Fsp3) is 0.100. The third kappa shape index (κ3) is 1.24. The van der Waals surface area contributed by atoms with Gasteiger partial charge in [0.25, 0.3) is 0 Å². The molecule has 2 rings (SSSR count). The Hall–Kier alpha value is -2.04. The molecule has 15 heavy (non-hydrogen) atoms. The van der Waals surface area contributed by atoms with Crippen molar-refractivity contribution >= 4 is 22.6 Å². The van der Waals surface area contributed by atoms with E-state index in [1.54, 1.807) is 13.0 Å². The van der Waals surface area contributed by atoms with Crippen LogP contribution in [0, 0.1) is 12.7 Å². The van der Waals surface area contributed by atoms with E-state index >= 15 is 0 Å². The maximum absolute atomic E-state index is 13.6. The monoisotopic (exact) mass is 208 g/mol. The van der Waals surface area contributed by atoms with Crippen LogP contribution in [-0.2, 0) is 0 Å². The largest absolute Gasteiger partial charge is 0.477 e. The van der Waals surface area contributed by atoms with Crippen LogP contribution in [0.1, 0.15) is 16.1 Å². The molecule has 0 amide bonds. The number of nitrogens with two attached hydrogens (primary N) is 1. The standard InChI is InChI=1S/C10H9FN2O2/c1-4-7-6(13-9(4)10(14)15)3-2-5(12)8(7)11/h2-3,13H,12H2,1H3,(H,14,15). The van der Waals surface area contributed by atoms with Crippen LogP contribution in [0.25, 0.3) is 10.9 Å². The summed E-state index contributed by atoms with van der Waals surface area (Å²) in [6.45, 7) is 1.55. The molecule has 0 atom stereocenters. The molecule has 1 heterocycles. The zero-order valence-corrected chi connectivity index (χ0v) is 7.97. The third-order valence-electron chi connectivity index (χ3n) is 2.40. The molecule has 2 aromatic rings. The minimum atomic E-state index is -1.11. The summed E-state index contributed by atoms with van der Waals surface area (Å²) in [4.78, 5) is 13.4. The third-order valence-corrected chi connectivity index (χ3v) is 2.40. The fourth-order valence-electron chi connectivity index (χ4n) is 1.63. The molecular formula is C10H9FN2O2. The summed E-state index contributed by atoms with van der Waals surface area (Å²) in [6, 6.07) is 2.96. The molecule has 5 heteroatoms. The van der Waals surface area contributed by atoms with Gasteiger partial charge >= 0.3 is 5.97 Å². The molecule has 0 aliphatic heterocycles. The van der Waals surface area contributed by atoms with Gasteiger partial charge in [0.1, 0.15) is 5.69 Å². The Morgan fingerprint density at radius 3 is 2.80 bits per heavy atom. The van der Waals surface area contributed by atoms with E-state index in [0.29, 0.717) is 11.1 Å². The molecule has 4 nitrogen and oxygen atoms in total. The summed E-state index contributed by atoms with van der Waals surface area (Å²) >= 11 is 0. The molecule has 0 aliphatic carbocycles. The molecule has 78 valence electrons. The molecule has 0 saturated carbocycles. The van der Waals surface area contributed by atoms with Crippen LogP contribution in [0.15, 0.2) is 12.1 Å². The lowest BCUT2D eigenvalue weighted by molar-refractivity contribution is 0.0691. The van der Waals surface area contributed by atoms with Crippen LogP contribution >= 0.6 is 0 Å². The van der Waals surface area contributed by atoms with Crippen LogP contribution in [-0.4, -0.2) is 16.1 Å². The molecule has 0 unspecified atom stereocenters. The summed E-state index contributed by atoms with van der Waals surface area (Å²) in [7, 11) is 0. The smallest absolute Gasteiger partial charge is 0.352 e. The van der Waals surface area contributed by atoms with Crippen molar-refractivity contribution in [2.24, 2.45) is 0 Å². The van der Waals surface area contributed by atoms with Gasteiger partial charge in [0.2, 0.25) is 0 Å². The zero-order chi connectivity index (χ0) is 11.2. The van der Waals surface area contributed by atoms with Gasteiger partial charge in [0.15, 0.2) is 5.82 Å². The van der Waals surface area contributed by atoms with E-state index in [2.05, 4.69) is 4.98 Å². The summed E-state index contributed by atoms with van der Waals surface area (Å²) in [5, 5.41) is 9.08. The van der Waals surface area contributed by atoms with Crippen molar-refractivity contribution in [1.82, 2.24) is 4.98 Å². The van der Waals surface area contributed by atoms with Crippen LogP contribution in [0.4, 0.5) is 10.1 Å². The van der Waals surface area contributed by atoms with Gasteiger partial charge in [-0.25, -0.2) is 9.18 Å². The molecule has 0 radical (unpaired) electrons. The van der Waals surface area contributed by atoms with Gasteiger partial charge in [-0.15, -0.1) is 0 Å². The number of hydrogen-bond donors (Lipinski definition) is 3. The lowest BCUT2D eigenvalue weighted by atomic mass is 10.1. The van der Waals surface area contributed by atoms with E-state index in [-0.39, 0.29) is 16.8 Å². The lowest BCUT2D eigenvalue weighted by Crippen LogP contribution is -1.98. The number of hydrogen-bond acceptors (Lipinski definition) is 2. The highest BCUT2D eigenvalue weighted by atomic mass is 19.1. The number of halogens is 1. The molecule has 0 fully saturated rings. The zero-order valence-electron chi connectivity index (χ0n) is 7.97. The first-order chi connectivity index (χ1) is 7.02. The minimum absolute atomic E-state index is 0.00509. The number of aromatic nitrogens is 1. The number of anilines is 1. The maximum atomic E-state index is 13.6. The van der Waals surface area contributed by atoms with E-state index in [1.165, 1.54) is 6.07 Å². The fourth-order valence-corrected chi connectivity index (χ4v) is 1.63. The number of aryl methyl sites for hydroxylation is 1. The van der Waals surface area contributed by atoms with Crippen LogP contribution < -0.4 is 5.73 Å². The lowest BCUT2D eigenvalue weighted by Gasteiger charge is -1.98. The van der Waals surface area contributed by atoms with Crippen LogP contribution in [0.2, 0.25) is 0 Å². The molecule has 1 aromatic heterocycles. The normalized spacial score (nSPS) is 10.8. The van der Waals surface area contributed by atoms with Gasteiger partial charge in [0.05, 0.1) is 5.69 Å². The highest BCUT2D eigenvalue weighted by molar-refractivity contribution is 5.98. The predicted octanol–water partition coefficient (Wildman–Crippen LogP) is 1.90. The number of aromatic amines is 1. The topological polar surface area (TPSA) is 79.1 Å². The first kappa shape index (κ1) is 9.51. The number of nitrogens with one attached hydrogen (secondary N) is 1. The quantitative estimate of drug-likeness (QED) is 0.626. The number of rotatable bonds is 1. The van der Waals surface area contributed by atoms with Crippen molar-refractivity contribution in [3.8, 4) is 0 Å². The summed E-state index contributed by atoms with van der Waals surface area (Å²) in [6.07, 6.45) is 0. The van der Waals surface area contributed by atoms with E-state index < -0.39 is 11.8 Å². The Morgan fingerprint density at radius 2 is 2.20 bits per heavy atom. The van der Waals surface area contributed by atoms with Crippen molar-refractivity contribution in [3.63, 3.8) is 0 Å². The second-order valence-electron chi connectivity index (χ2n) is 3.32. The molecule has 1 aromatic carbocycles. The van der Waals surface area contributed by atoms with Gasteiger partial charge in [-0.2, -0.15) is 0 Å². The van der Waals surface area contributed by atoms with Gasteiger partial charge in [0, 0.05) is 10.9 Å². The van der Waals surface area contributed by atoms with Gasteiger partial charge in [-0.05, 0) is 24.6 Å². The summed E-state index contributed by atoms with van der Waals surface area (Å²) in [5.74, 6) is -1.68. The highest BCUT2D eigenvalue weighted by Gasteiger charge is 2.17.